The second-order valence-corrected chi connectivity index (χ2v) is 5.56. The molecule has 5 nitrogen and oxygen atoms in total. The molecule has 2 rings (SSSR count). The predicted octanol–water partition coefficient (Wildman–Crippen LogP) is 2.25. The van der Waals surface area contributed by atoms with Crippen LogP contribution in [-0.2, 0) is 11.2 Å². The highest BCUT2D eigenvalue weighted by Crippen LogP contribution is 2.31. The Bertz CT molecular complexity index is 637. The summed E-state index contributed by atoms with van der Waals surface area (Å²) in [5.41, 5.74) is 1.90. The number of hydrogen-bond acceptors (Lipinski definition) is 5. The Morgan fingerprint density at radius 3 is 2.75 bits per heavy atom. The zero-order chi connectivity index (χ0) is 14.7. The molecule has 0 saturated carbocycles. The fourth-order valence-corrected chi connectivity index (χ4v) is 3.28. The molecule has 0 aliphatic carbocycles. The summed E-state index contributed by atoms with van der Waals surface area (Å²) >= 11 is 1.43. The lowest BCUT2D eigenvalue weighted by atomic mass is 10.1. The summed E-state index contributed by atoms with van der Waals surface area (Å²) in [6.45, 7) is 6.96. The SMILES string of the molecule is CCc1nc(C)c2c(C)c(C(=O)NCCOC)sc2n1. The van der Waals surface area contributed by atoms with E-state index in [1.165, 1.54) is 11.3 Å². The van der Waals surface area contributed by atoms with Crippen molar-refractivity contribution < 1.29 is 9.53 Å². The second kappa shape index (κ2) is 6.28. The number of aromatic nitrogens is 2. The number of carbonyl (C=O) groups is 1. The van der Waals surface area contributed by atoms with Crippen LogP contribution in [-0.4, -0.2) is 36.1 Å². The number of methoxy groups -OCH3 is 1. The van der Waals surface area contributed by atoms with Crippen molar-refractivity contribution in [1.29, 1.82) is 0 Å². The van der Waals surface area contributed by atoms with Gasteiger partial charge in [0, 0.05) is 31.2 Å². The van der Waals surface area contributed by atoms with Crippen molar-refractivity contribution >= 4 is 27.5 Å². The highest BCUT2D eigenvalue weighted by molar-refractivity contribution is 7.20. The van der Waals surface area contributed by atoms with Crippen molar-refractivity contribution in [3.8, 4) is 0 Å². The van der Waals surface area contributed by atoms with Gasteiger partial charge in [-0.2, -0.15) is 0 Å². The van der Waals surface area contributed by atoms with Gasteiger partial charge in [0.1, 0.15) is 10.7 Å². The van der Waals surface area contributed by atoms with E-state index in [1.54, 1.807) is 7.11 Å². The van der Waals surface area contributed by atoms with E-state index in [1.807, 2.05) is 20.8 Å². The van der Waals surface area contributed by atoms with E-state index in [0.717, 1.165) is 33.7 Å². The molecule has 0 saturated heterocycles. The van der Waals surface area contributed by atoms with Gasteiger partial charge >= 0.3 is 0 Å². The Morgan fingerprint density at radius 2 is 2.10 bits per heavy atom. The minimum Gasteiger partial charge on any atom is -0.383 e. The van der Waals surface area contributed by atoms with Gasteiger partial charge in [-0.15, -0.1) is 11.3 Å². The third-order valence-electron chi connectivity index (χ3n) is 3.13. The fourth-order valence-electron chi connectivity index (χ4n) is 2.12. The first-order chi connectivity index (χ1) is 9.58. The van der Waals surface area contributed by atoms with E-state index in [2.05, 4.69) is 15.3 Å². The molecule has 2 heterocycles. The smallest absolute Gasteiger partial charge is 0.261 e. The number of aryl methyl sites for hydroxylation is 3. The maximum absolute atomic E-state index is 12.2. The minimum atomic E-state index is -0.0694. The normalized spacial score (nSPS) is 11.0. The summed E-state index contributed by atoms with van der Waals surface area (Å²) in [7, 11) is 1.61. The number of ether oxygens (including phenoxy) is 1. The van der Waals surface area contributed by atoms with Crippen LogP contribution in [0.5, 0.6) is 0 Å². The largest absolute Gasteiger partial charge is 0.383 e. The number of carbonyl (C=O) groups excluding carboxylic acids is 1. The van der Waals surface area contributed by atoms with Gasteiger partial charge in [-0.25, -0.2) is 9.97 Å². The van der Waals surface area contributed by atoms with Crippen LogP contribution in [0.3, 0.4) is 0 Å². The molecular weight excluding hydrogens is 274 g/mol. The predicted molar refractivity (Wildman–Crippen MR) is 80.5 cm³/mol. The van der Waals surface area contributed by atoms with Crippen molar-refractivity contribution in [1.82, 2.24) is 15.3 Å². The summed E-state index contributed by atoms with van der Waals surface area (Å²) in [6, 6.07) is 0. The van der Waals surface area contributed by atoms with Gasteiger partial charge in [0.05, 0.1) is 11.5 Å². The van der Waals surface area contributed by atoms with Crippen LogP contribution < -0.4 is 5.32 Å². The number of fused-ring (bicyclic) bond motifs is 1. The third-order valence-corrected chi connectivity index (χ3v) is 4.32. The summed E-state index contributed by atoms with van der Waals surface area (Å²) in [5, 5.41) is 3.85. The van der Waals surface area contributed by atoms with E-state index in [0.29, 0.717) is 18.0 Å². The van der Waals surface area contributed by atoms with E-state index in [4.69, 9.17) is 4.74 Å². The Balaban J connectivity index is 2.38. The quantitative estimate of drug-likeness (QED) is 0.859. The highest BCUT2D eigenvalue weighted by Gasteiger charge is 2.18. The average molecular weight is 293 g/mol. The van der Waals surface area contributed by atoms with Crippen molar-refractivity contribution in [3.63, 3.8) is 0 Å². The van der Waals surface area contributed by atoms with E-state index in [9.17, 15) is 4.79 Å². The van der Waals surface area contributed by atoms with Gasteiger partial charge < -0.3 is 10.1 Å². The molecule has 0 atom stereocenters. The highest BCUT2D eigenvalue weighted by atomic mass is 32.1. The Morgan fingerprint density at radius 1 is 1.35 bits per heavy atom. The molecule has 2 aromatic heterocycles. The molecule has 20 heavy (non-hydrogen) atoms. The maximum atomic E-state index is 12.2. The van der Waals surface area contributed by atoms with Gasteiger partial charge in [0.15, 0.2) is 0 Å². The number of hydrogen-bond donors (Lipinski definition) is 1. The van der Waals surface area contributed by atoms with Crippen molar-refractivity contribution in [2.24, 2.45) is 0 Å². The van der Waals surface area contributed by atoms with Crippen molar-refractivity contribution in [2.75, 3.05) is 20.3 Å². The molecule has 1 amide bonds. The molecule has 108 valence electrons. The summed E-state index contributed by atoms with van der Waals surface area (Å²) < 4.78 is 4.93. The van der Waals surface area contributed by atoms with Gasteiger partial charge in [0.25, 0.3) is 5.91 Å². The number of amides is 1. The molecule has 0 bridgehead atoms. The van der Waals surface area contributed by atoms with Crippen molar-refractivity contribution in [2.45, 2.75) is 27.2 Å². The fraction of sp³-hybridized carbons (Fsp3) is 0.500. The number of thiophene rings is 1. The van der Waals surface area contributed by atoms with Crippen LogP contribution in [0.1, 0.15) is 33.7 Å². The first-order valence-electron chi connectivity index (χ1n) is 6.62. The molecule has 0 aromatic carbocycles. The summed E-state index contributed by atoms with van der Waals surface area (Å²) in [6.07, 6.45) is 0.795. The molecule has 2 aromatic rings. The average Bonchev–Trinajstić information content (AvgIpc) is 2.76. The van der Waals surface area contributed by atoms with Crippen LogP contribution in [0.2, 0.25) is 0 Å². The zero-order valence-corrected chi connectivity index (χ0v) is 13.1. The van der Waals surface area contributed by atoms with Crippen LogP contribution in [0.15, 0.2) is 0 Å². The standard InChI is InChI=1S/C14H19N3O2S/c1-5-10-16-9(3)11-8(2)12(20-14(11)17-10)13(18)15-6-7-19-4/h5-7H2,1-4H3,(H,15,18). The third kappa shape index (κ3) is 2.81. The van der Waals surface area contributed by atoms with E-state index >= 15 is 0 Å². The topological polar surface area (TPSA) is 64.1 Å². The van der Waals surface area contributed by atoms with Gasteiger partial charge in [-0.1, -0.05) is 6.92 Å². The lowest BCUT2D eigenvalue weighted by Gasteiger charge is -2.03. The molecular formula is C14H19N3O2S. The first kappa shape index (κ1) is 14.9. The van der Waals surface area contributed by atoms with E-state index < -0.39 is 0 Å². The van der Waals surface area contributed by atoms with Gasteiger partial charge in [0.2, 0.25) is 0 Å². The van der Waals surface area contributed by atoms with Crippen LogP contribution in [0, 0.1) is 13.8 Å². The molecule has 0 spiro atoms. The van der Waals surface area contributed by atoms with Gasteiger partial charge in [-0.3, -0.25) is 4.79 Å². The number of nitrogens with one attached hydrogen (secondary N) is 1. The Hall–Kier alpha value is -1.53. The van der Waals surface area contributed by atoms with E-state index in [-0.39, 0.29) is 5.91 Å². The van der Waals surface area contributed by atoms with Crippen molar-refractivity contribution in [3.05, 3.63) is 22.0 Å². The molecule has 0 aliphatic heterocycles. The Kier molecular flexibility index (Phi) is 4.67. The lowest BCUT2D eigenvalue weighted by Crippen LogP contribution is -2.26. The first-order valence-corrected chi connectivity index (χ1v) is 7.43. The van der Waals surface area contributed by atoms with Gasteiger partial charge in [-0.05, 0) is 19.4 Å². The molecule has 0 aliphatic rings. The second-order valence-electron chi connectivity index (χ2n) is 4.56. The van der Waals surface area contributed by atoms with Crippen LogP contribution in [0.4, 0.5) is 0 Å². The monoisotopic (exact) mass is 293 g/mol. The van der Waals surface area contributed by atoms with Crippen LogP contribution in [0.25, 0.3) is 10.2 Å². The zero-order valence-electron chi connectivity index (χ0n) is 12.2. The minimum absolute atomic E-state index is 0.0694. The molecule has 0 fully saturated rings. The molecule has 1 N–H and O–H groups in total. The maximum Gasteiger partial charge on any atom is 0.261 e. The Labute approximate surface area is 122 Å². The molecule has 0 radical (unpaired) electrons. The summed E-state index contributed by atoms with van der Waals surface area (Å²) in [4.78, 5) is 22.8. The number of nitrogens with zero attached hydrogens (tertiary/aromatic N) is 2. The molecule has 6 heteroatoms. The number of rotatable bonds is 5. The van der Waals surface area contributed by atoms with Crippen LogP contribution >= 0.6 is 11.3 Å². The molecule has 0 unspecified atom stereocenters. The summed E-state index contributed by atoms with van der Waals surface area (Å²) in [5.74, 6) is 0.752. The lowest BCUT2D eigenvalue weighted by molar-refractivity contribution is 0.0940.